The van der Waals surface area contributed by atoms with Gasteiger partial charge in [0.1, 0.15) is 11.2 Å². The average Bonchev–Trinajstić information content (AvgIpc) is 2.10. The standard InChI is InChI=1S/C15H29NO4/c1-8-9-16(10-12(17)19-14(2,3)4)11-13(18)20-15(5,6)7/h8-11H2,1-7H3. The predicted octanol–water partition coefficient (Wildman–Crippen LogP) is 2.38. The number of esters is 2. The molecule has 0 aliphatic heterocycles. The van der Waals surface area contributed by atoms with E-state index in [1.807, 2.05) is 48.5 Å². The lowest BCUT2D eigenvalue weighted by Crippen LogP contribution is -2.40. The van der Waals surface area contributed by atoms with Crippen LogP contribution in [0.1, 0.15) is 54.9 Å². The van der Waals surface area contributed by atoms with Crippen molar-refractivity contribution in [3.8, 4) is 0 Å². The fraction of sp³-hybridized carbons (Fsp3) is 0.867. The Morgan fingerprint density at radius 1 is 0.850 bits per heavy atom. The zero-order valence-corrected chi connectivity index (χ0v) is 13.9. The Morgan fingerprint density at radius 3 is 1.45 bits per heavy atom. The van der Waals surface area contributed by atoms with E-state index in [2.05, 4.69) is 0 Å². The van der Waals surface area contributed by atoms with Crippen molar-refractivity contribution in [3.63, 3.8) is 0 Å². The molecule has 0 atom stereocenters. The zero-order valence-electron chi connectivity index (χ0n) is 13.9. The van der Waals surface area contributed by atoms with Crippen molar-refractivity contribution in [2.75, 3.05) is 19.6 Å². The SMILES string of the molecule is CCCN(CC(=O)OC(C)(C)C)CC(=O)OC(C)(C)C. The molecule has 0 unspecified atom stereocenters. The smallest absolute Gasteiger partial charge is 0.320 e. The summed E-state index contributed by atoms with van der Waals surface area (Å²) >= 11 is 0. The third-order valence-corrected chi connectivity index (χ3v) is 2.09. The first kappa shape index (κ1) is 18.9. The normalized spacial score (nSPS) is 12.4. The van der Waals surface area contributed by atoms with Gasteiger partial charge in [0.05, 0.1) is 13.1 Å². The van der Waals surface area contributed by atoms with Gasteiger partial charge in [0.2, 0.25) is 0 Å². The molecular weight excluding hydrogens is 258 g/mol. The van der Waals surface area contributed by atoms with Gasteiger partial charge in [0.15, 0.2) is 0 Å². The van der Waals surface area contributed by atoms with Crippen molar-refractivity contribution in [3.05, 3.63) is 0 Å². The van der Waals surface area contributed by atoms with Crippen LogP contribution in [0, 0.1) is 0 Å². The van der Waals surface area contributed by atoms with E-state index in [9.17, 15) is 9.59 Å². The molecule has 0 rings (SSSR count). The minimum absolute atomic E-state index is 0.102. The lowest BCUT2D eigenvalue weighted by molar-refractivity contribution is -0.159. The molecule has 20 heavy (non-hydrogen) atoms. The minimum Gasteiger partial charge on any atom is -0.459 e. The van der Waals surface area contributed by atoms with Crippen LogP contribution in [0.15, 0.2) is 0 Å². The Morgan fingerprint density at radius 2 is 1.20 bits per heavy atom. The fourth-order valence-corrected chi connectivity index (χ4v) is 1.64. The van der Waals surface area contributed by atoms with Gasteiger partial charge in [-0.15, -0.1) is 0 Å². The first-order valence-corrected chi connectivity index (χ1v) is 7.09. The van der Waals surface area contributed by atoms with Crippen LogP contribution in [-0.2, 0) is 19.1 Å². The molecule has 0 saturated carbocycles. The lowest BCUT2D eigenvalue weighted by Gasteiger charge is -2.26. The maximum atomic E-state index is 11.8. The topological polar surface area (TPSA) is 55.8 Å². The first-order chi connectivity index (χ1) is 8.93. The van der Waals surface area contributed by atoms with Crippen molar-refractivity contribution in [2.24, 2.45) is 0 Å². The molecule has 0 heterocycles. The molecule has 0 aromatic rings. The van der Waals surface area contributed by atoms with Crippen molar-refractivity contribution >= 4 is 11.9 Å². The Hall–Kier alpha value is -1.10. The molecule has 5 heteroatoms. The average molecular weight is 287 g/mol. The number of carbonyl (C=O) groups excluding carboxylic acids is 2. The summed E-state index contributed by atoms with van der Waals surface area (Å²) in [4.78, 5) is 25.3. The predicted molar refractivity (Wildman–Crippen MR) is 78.4 cm³/mol. The van der Waals surface area contributed by atoms with E-state index >= 15 is 0 Å². The molecule has 0 bridgehead atoms. The summed E-state index contributed by atoms with van der Waals surface area (Å²) in [5.74, 6) is -0.649. The Bertz CT molecular complexity index is 296. The summed E-state index contributed by atoms with van der Waals surface area (Å²) in [6.45, 7) is 13.8. The van der Waals surface area contributed by atoms with Gasteiger partial charge in [0, 0.05) is 0 Å². The highest BCUT2D eigenvalue weighted by Crippen LogP contribution is 2.09. The van der Waals surface area contributed by atoms with Crippen LogP contribution >= 0.6 is 0 Å². The number of ether oxygens (including phenoxy) is 2. The van der Waals surface area contributed by atoms with Crippen LogP contribution < -0.4 is 0 Å². The molecule has 0 aliphatic carbocycles. The molecule has 0 N–H and O–H groups in total. The van der Waals surface area contributed by atoms with Gasteiger partial charge in [0.25, 0.3) is 0 Å². The van der Waals surface area contributed by atoms with Gasteiger partial charge in [-0.25, -0.2) is 0 Å². The first-order valence-electron chi connectivity index (χ1n) is 7.09. The Labute approximate surface area is 122 Å². The van der Waals surface area contributed by atoms with E-state index in [0.29, 0.717) is 6.54 Å². The summed E-state index contributed by atoms with van der Waals surface area (Å²) in [5.41, 5.74) is -1.03. The maximum absolute atomic E-state index is 11.8. The van der Waals surface area contributed by atoms with Gasteiger partial charge < -0.3 is 9.47 Å². The molecule has 0 saturated heterocycles. The van der Waals surface area contributed by atoms with E-state index in [-0.39, 0.29) is 25.0 Å². The molecule has 118 valence electrons. The number of hydrogen-bond acceptors (Lipinski definition) is 5. The largest absolute Gasteiger partial charge is 0.459 e. The maximum Gasteiger partial charge on any atom is 0.320 e. The fourth-order valence-electron chi connectivity index (χ4n) is 1.64. The summed E-state index contributed by atoms with van der Waals surface area (Å²) < 4.78 is 10.5. The second-order valence-electron chi connectivity index (χ2n) is 6.88. The molecule has 0 aliphatic rings. The van der Waals surface area contributed by atoms with Crippen LogP contribution in [0.4, 0.5) is 0 Å². The van der Waals surface area contributed by atoms with Crippen molar-refractivity contribution in [1.82, 2.24) is 4.90 Å². The Balaban J connectivity index is 4.43. The molecule has 0 amide bonds. The van der Waals surface area contributed by atoms with Gasteiger partial charge in [-0.05, 0) is 54.5 Å². The van der Waals surface area contributed by atoms with Crippen LogP contribution in [0.25, 0.3) is 0 Å². The van der Waals surface area contributed by atoms with Crippen LogP contribution in [0.2, 0.25) is 0 Å². The molecule has 0 radical (unpaired) electrons. The Kier molecular flexibility index (Phi) is 7.20. The second kappa shape index (κ2) is 7.62. The number of rotatable bonds is 6. The molecule has 0 fully saturated rings. The molecule has 0 aromatic heterocycles. The van der Waals surface area contributed by atoms with Gasteiger partial charge in [-0.1, -0.05) is 6.92 Å². The van der Waals surface area contributed by atoms with Gasteiger partial charge in [-0.3, -0.25) is 14.5 Å². The van der Waals surface area contributed by atoms with Gasteiger partial charge in [-0.2, -0.15) is 0 Å². The quantitative estimate of drug-likeness (QED) is 0.702. The summed E-state index contributed by atoms with van der Waals surface area (Å²) in [6.07, 6.45) is 0.853. The molecule has 5 nitrogen and oxygen atoms in total. The highest BCUT2D eigenvalue weighted by Gasteiger charge is 2.22. The van der Waals surface area contributed by atoms with Crippen molar-refractivity contribution in [1.29, 1.82) is 0 Å². The highest BCUT2D eigenvalue weighted by atomic mass is 16.6. The van der Waals surface area contributed by atoms with Crippen LogP contribution in [-0.4, -0.2) is 47.7 Å². The molecule has 0 spiro atoms. The zero-order chi connectivity index (χ0) is 16.0. The summed E-state index contributed by atoms with van der Waals surface area (Å²) in [5, 5.41) is 0. The molecule has 0 aromatic carbocycles. The second-order valence-corrected chi connectivity index (χ2v) is 6.88. The number of hydrogen-bond donors (Lipinski definition) is 0. The highest BCUT2D eigenvalue weighted by molar-refractivity contribution is 5.75. The van der Waals surface area contributed by atoms with E-state index in [0.717, 1.165) is 6.42 Å². The number of carbonyl (C=O) groups is 2. The number of nitrogens with zero attached hydrogens (tertiary/aromatic N) is 1. The van der Waals surface area contributed by atoms with E-state index in [1.54, 1.807) is 4.90 Å². The van der Waals surface area contributed by atoms with E-state index in [1.165, 1.54) is 0 Å². The van der Waals surface area contributed by atoms with Crippen LogP contribution in [0.3, 0.4) is 0 Å². The summed E-state index contributed by atoms with van der Waals surface area (Å²) in [6, 6.07) is 0. The third kappa shape index (κ3) is 10.8. The molecular formula is C15H29NO4. The monoisotopic (exact) mass is 287 g/mol. The van der Waals surface area contributed by atoms with Crippen molar-refractivity contribution in [2.45, 2.75) is 66.1 Å². The summed E-state index contributed by atoms with van der Waals surface area (Å²) in [7, 11) is 0. The minimum atomic E-state index is -0.513. The van der Waals surface area contributed by atoms with Crippen LogP contribution in [0.5, 0.6) is 0 Å². The third-order valence-electron chi connectivity index (χ3n) is 2.09. The van der Waals surface area contributed by atoms with E-state index < -0.39 is 11.2 Å². The lowest BCUT2D eigenvalue weighted by atomic mass is 10.2. The van der Waals surface area contributed by atoms with Gasteiger partial charge >= 0.3 is 11.9 Å². The van der Waals surface area contributed by atoms with Crippen molar-refractivity contribution < 1.29 is 19.1 Å². The van der Waals surface area contributed by atoms with E-state index in [4.69, 9.17) is 9.47 Å².